The van der Waals surface area contributed by atoms with Gasteiger partial charge in [0, 0.05) is 19.3 Å². The molecule has 1 N–H and O–H groups in total. The molecule has 1 rings (SSSR count). The fourth-order valence-corrected chi connectivity index (χ4v) is 2.37. The molecule has 1 heterocycles. The van der Waals surface area contributed by atoms with E-state index in [-0.39, 0.29) is 0 Å². The minimum atomic E-state index is 0.693. The fraction of sp³-hybridized carbons (Fsp3) is 0.846. The molecule has 1 unspecified atom stereocenters. The van der Waals surface area contributed by atoms with Crippen LogP contribution in [-0.4, -0.2) is 25.8 Å². The highest BCUT2D eigenvalue weighted by molar-refractivity contribution is 4.79. The molecule has 0 aromatic carbocycles. The second kappa shape index (κ2) is 7.89. The van der Waals surface area contributed by atoms with Crippen LogP contribution in [-0.2, 0) is 4.74 Å². The van der Waals surface area contributed by atoms with Gasteiger partial charge in [-0.1, -0.05) is 13.0 Å². The van der Waals surface area contributed by atoms with Crippen molar-refractivity contribution in [1.82, 2.24) is 5.32 Å². The third-order valence-corrected chi connectivity index (χ3v) is 3.22. The van der Waals surface area contributed by atoms with Gasteiger partial charge in [-0.05, 0) is 44.6 Å². The molecule has 1 atom stereocenters. The summed E-state index contributed by atoms with van der Waals surface area (Å²) in [6.45, 7) is 8.95. The Kier molecular flexibility index (Phi) is 6.69. The first-order valence-corrected chi connectivity index (χ1v) is 6.30. The van der Waals surface area contributed by atoms with Crippen LogP contribution in [0.4, 0.5) is 0 Å². The van der Waals surface area contributed by atoms with Crippen LogP contribution >= 0.6 is 0 Å². The molecule has 0 saturated carbocycles. The third-order valence-electron chi connectivity index (χ3n) is 3.22. The summed E-state index contributed by atoms with van der Waals surface area (Å²) in [5, 5.41) is 3.62. The first-order chi connectivity index (χ1) is 7.38. The number of allylic oxidation sites excluding steroid dienone is 1. The molecule has 1 aliphatic rings. The van der Waals surface area contributed by atoms with Gasteiger partial charge in [0.25, 0.3) is 0 Å². The molecule has 0 aromatic heterocycles. The Morgan fingerprint density at radius 2 is 2.20 bits per heavy atom. The lowest BCUT2D eigenvalue weighted by atomic mass is 9.88. The number of rotatable bonds is 7. The van der Waals surface area contributed by atoms with Crippen molar-refractivity contribution in [2.75, 3.05) is 19.8 Å². The molecule has 0 aromatic rings. The van der Waals surface area contributed by atoms with E-state index in [0.717, 1.165) is 32.1 Å². The Hall–Kier alpha value is -0.340. The van der Waals surface area contributed by atoms with Gasteiger partial charge in [-0.15, -0.1) is 6.58 Å². The molecule has 0 radical (unpaired) electrons. The minimum absolute atomic E-state index is 0.693. The topological polar surface area (TPSA) is 21.3 Å². The van der Waals surface area contributed by atoms with E-state index in [9.17, 15) is 0 Å². The predicted octanol–water partition coefficient (Wildman–Crippen LogP) is 2.75. The summed E-state index contributed by atoms with van der Waals surface area (Å²) in [5.41, 5.74) is 0. The Balaban J connectivity index is 2.29. The van der Waals surface area contributed by atoms with Crippen LogP contribution < -0.4 is 5.32 Å². The van der Waals surface area contributed by atoms with E-state index in [2.05, 4.69) is 18.8 Å². The van der Waals surface area contributed by atoms with E-state index in [0.29, 0.717) is 6.04 Å². The van der Waals surface area contributed by atoms with Crippen molar-refractivity contribution in [3.8, 4) is 0 Å². The normalized spacial score (nSPS) is 20.1. The second-order valence-electron chi connectivity index (χ2n) is 4.33. The van der Waals surface area contributed by atoms with E-state index in [1.54, 1.807) is 0 Å². The number of ether oxygens (including phenoxy) is 1. The minimum Gasteiger partial charge on any atom is -0.381 e. The standard InChI is InChI=1S/C13H25NO/c1-3-5-6-7-13(14-4-2)12-8-10-15-11-9-12/h3,12-14H,1,4-11H2,2H3. The van der Waals surface area contributed by atoms with E-state index < -0.39 is 0 Å². The lowest BCUT2D eigenvalue weighted by Gasteiger charge is -2.31. The zero-order chi connectivity index (χ0) is 10.9. The van der Waals surface area contributed by atoms with Gasteiger partial charge in [0.1, 0.15) is 0 Å². The first kappa shape index (κ1) is 12.7. The SMILES string of the molecule is C=CCCCC(NCC)C1CCOCC1. The largest absolute Gasteiger partial charge is 0.381 e. The molecular weight excluding hydrogens is 186 g/mol. The van der Waals surface area contributed by atoms with Crippen molar-refractivity contribution in [2.24, 2.45) is 5.92 Å². The average molecular weight is 211 g/mol. The maximum Gasteiger partial charge on any atom is 0.0469 e. The van der Waals surface area contributed by atoms with Crippen molar-refractivity contribution in [2.45, 2.75) is 45.1 Å². The molecule has 0 bridgehead atoms. The smallest absolute Gasteiger partial charge is 0.0469 e. The summed E-state index contributed by atoms with van der Waals surface area (Å²) < 4.78 is 5.41. The molecule has 0 aliphatic carbocycles. The van der Waals surface area contributed by atoms with Crippen molar-refractivity contribution < 1.29 is 4.74 Å². The molecule has 1 saturated heterocycles. The summed E-state index contributed by atoms with van der Waals surface area (Å²) in [7, 11) is 0. The Morgan fingerprint density at radius 3 is 2.80 bits per heavy atom. The van der Waals surface area contributed by atoms with E-state index in [1.807, 2.05) is 6.08 Å². The van der Waals surface area contributed by atoms with Gasteiger partial charge in [0.15, 0.2) is 0 Å². The van der Waals surface area contributed by atoms with Gasteiger partial charge in [-0.2, -0.15) is 0 Å². The summed E-state index contributed by atoms with van der Waals surface area (Å²) in [5.74, 6) is 0.823. The summed E-state index contributed by atoms with van der Waals surface area (Å²) in [4.78, 5) is 0. The molecular formula is C13H25NO. The van der Waals surface area contributed by atoms with E-state index in [4.69, 9.17) is 4.74 Å². The average Bonchev–Trinajstić information content (AvgIpc) is 2.29. The molecule has 2 nitrogen and oxygen atoms in total. The summed E-state index contributed by atoms with van der Waals surface area (Å²) in [6, 6.07) is 0.693. The van der Waals surface area contributed by atoms with Crippen molar-refractivity contribution in [1.29, 1.82) is 0 Å². The highest BCUT2D eigenvalue weighted by atomic mass is 16.5. The molecule has 15 heavy (non-hydrogen) atoms. The van der Waals surface area contributed by atoms with Crippen LogP contribution in [0.25, 0.3) is 0 Å². The van der Waals surface area contributed by atoms with Gasteiger partial charge in [0.05, 0.1) is 0 Å². The Bertz CT molecular complexity index is 164. The van der Waals surface area contributed by atoms with Gasteiger partial charge in [-0.25, -0.2) is 0 Å². The third kappa shape index (κ3) is 4.80. The molecule has 0 spiro atoms. The van der Waals surface area contributed by atoms with Gasteiger partial charge in [0.2, 0.25) is 0 Å². The van der Waals surface area contributed by atoms with Crippen LogP contribution in [0, 0.1) is 5.92 Å². The number of hydrogen-bond acceptors (Lipinski definition) is 2. The zero-order valence-electron chi connectivity index (χ0n) is 10.0. The Morgan fingerprint density at radius 1 is 1.47 bits per heavy atom. The maximum absolute atomic E-state index is 5.41. The first-order valence-electron chi connectivity index (χ1n) is 6.30. The van der Waals surface area contributed by atoms with E-state index >= 15 is 0 Å². The molecule has 2 heteroatoms. The number of hydrogen-bond donors (Lipinski definition) is 1. The monoisotopic (exact) mass is 211 g/mol. The van der Waals surface area contributed by atoms with Gasteiger partial charge < -0.3 is 10.1 Å². The molecule has 1 aliphatic heterocycles. The quantitative estimate of drug-likeness (QED) is 0.516. The van der Waals surface area contributed by atoms with Gasteiger partial charge in [-0.3, -0.25) is 0 Å². The van der Waals surface area contributed by atoms with Crippen LogP contribution in [0.15, 0.2) is 12.7 Å². The lowest BCUT2D eigenvalue weighted by Crippen LogP contribution is -2.38. The molecule has 88 valence electrons. The molecule has 1 fully saturated rings. The molecule has 0 amide bonds. The lowest BCUT2D eigenvalue weighted by molar-refractivity contribution is 0.0526. The van der Waals surface area contributed by atoms with Crippen molar-refractivity contribution >= 4 is 0 Å². The number of nitrogens with one attached hydrogen (secondary N) is 1. The Labute approximate surface area is 94.1 Å². The summed E-state index contributed by atoms with van der Waals surface area (Å²) >= 11 is 0. The fourth-order valence-electron chi connectivity index (χ4n) is 2.37. The van der Waals surface area contributed by atoms with Crippen LogP contribution in [0.3, 0.4) is 0 Å². The highest BCUT2D eigenvalue weighted by Crippen LogP contribution is 2.22. The number of unbranched alkanes of at least 4 members (excludes halogenated alkanes) is 1. The zero-order valence-corrected chi connectivity index (χ0v) is 10.0. The van der Waals surface area contributed by atoms with Crippen LogP contribution in [0.2, 0.25) is 0 Å². The van der Waals surface area contributed by atoms with Crippen molar-refractivity contribution in [3.63, 3.8) is 0 Å². The van der Waals surface area contributed by atoms with E-state index in [1.165, 1.54) is 25.7 Å². The highest BCUT2D eigenvalue weighted by Gasteiger charge is 2.22. The summed E-state index contributed by atoms with van der Waals surface area (Å²) in [6.07, 6.45) is 8.17. The van der Waals surface area contributed by atoms with Crippen molar-refractivity contribution in [3.05, 3.63) is 12.7 Å². The van der Waals surface area contributed by atoms with Crippen LogP contribution in [0.5, 0.6) is 0 Å². The predicted molar refractivity (Wildman–Crippen MR) is 65.1 cm³/mol. The maximum atomic E-state index is 5.41. The van der Waals surface area contributed by atoms with Gasteiger partial charge >= 0.3 is 0 Å². The second-order valence-corrected chi connectivity index (χ2v) is 4.33. The van der Waals surface area contributed by atoms with Crippen LogP contribution in [0.1, 0.15) is 39.0 Å².